The lowest BCUT2D eigenvalue weighted by Crippen LogP contribution is -2.60. The van der Waals surface area contributed by atoms with Crippen LogP contribution in [-0.2, 0) is 54.4 Å². The van der Waals surface area contributed by atoms with E-state index in [2.05, 4.69) is 55.2 Å². The van der Waals surface area contributed by atoms with Gasteiger partial charge in [0.15, 0.2) is 0 Å². The van der Waals surface area contributed by atoms with Gasteiger partial charge in [0.05, 0.1) is 12.6 Å². The van der Waals surface area contributed by atoms with Gasteiger partial charge >= 0.3 is 11.9 Å². The number of nitrogens with two attached hydrogens (primary N) is 1. The van der Waals surface area contributed by atoms with Gasteiger partial charge < -0.3 is 63.6 Å². The number of thiol groups is 1. The number of carbonyl (C=O) groups is 10. The number of rotatable bonds is 33. The minimum atomic E-state index is -1.55. The fourth-order valence-electron chi connectivity index (χ4n) is 6.42. The van der Waals surface area contributed by atoms with Gasteiger partial charge in [-0.25, -0.2) is 4.79 Å². The zero-order chi connectivity index (χ0) is 52.4. The molecule has 0 aliphatic rings. The van der Waals surface area contributed by atoms with Crippen LogP contribution >= 0.6 is 36.2 Å². The van der Waals surface area contributed by atoms with E-state index in [4.69, 9.17) is 5.73 Å². The summed E-state index contributed by atoms with van der Waals surface area (Å²) < 4.78 is 0. The molecule has 0 spiro atoms. The molecule has 388 valence electrons. The van der Waals surface area contributed by atoms with Crippen LogP contribution in [0.4, 0.5) is 0 Å². The lowest BCUT2D eigenvalue weighted by molar-refractivity contribution is -0.142. The van der Waals surface area contributed by atoms with Crippen molar-refractivity contribution >= 4 is 95.3 Å². The highest BCUT2D eigenvalue weighted by atomic mass is 32.2. The lowest BCUT2D eigenvalue weighted by atomic mass is 10.00. The molecule has 1 aromatic rings. The van der Waals surface area contributed by atoms with Crippen LogP contribution in [0.1, 0.15) is 78.7 Å². The van der Waals surface area contributed by atoms with Gasteiger partial charge in [-0.15, -0.1) is 0 Å². The highest BCUT2D eigenvalue weighted by molar-refractivity contribution is 7.98. The van der Waals surface area contributed by atoms with Gasteiger partial charge in [0.1, 0.15) is 48.0 Å². The average Bonchev–Trinajstić information content (AvgIpc) is 3.27. The summed E-state index contributed by atoms with van der Waals surface area (Å²) in [5.74, 6) is -8.88. The summed E-state index contributed by atoms with van der Waals surface area (Å²) >= 11 is 6.89. The van der Waals surface area contributed by atoms with E-state index in [9.17, 15) is 63.3 Å². The SMILES string of the molecule is CSCC[C@H](NC(=O)[C@H](CS)NC(=O)[C@H](CC(C)C)NC(=O)[C@H](CCC(=O)O)NC(=O)[C@H](CCSC)NC(=O)[C@H](CC(C)C)NC(=O)[C@H](Cc1ccc(O)cc1)NC(=O)CNC(=O)[C@H](C)N)C(=O)O. The second-order valence-electron chi connectivity index (χ2n) is 17.1. The summed E-state index contributed by atoms with van der Waals surface area (Å²) in [6, 6.07) is -4.35. The fourth-order valence-corrected chi connectivity index (χ4v) is 7.62. The molecule has 0 unspecified atom stereocenters. The van der Waals surface area contributed by atoms with Crippen molar-refractivity contribution in [2.75, 3.05) is 36.3 Å². The molecule has 0 aliphatic heterocycles. The quantitative estimate of drug-likeness (QED) is 0.0386. The Morgan fingerprint density at radius 1 is 0.565 bits per heavy atom. The van der Waals surface area contributed by atoms with Crippen LogP contribution < -0.4 is 48.3 Å². The number of aromatic hydroxyl groups is 1. The Kier molecular flexibility index (Phi) is 29.1. The minimum Gasteiger partial charge on any atom is -0.508 e. The maximum atomic E-state index is 14.1. The van der Waals surface area contributed by atoms with Crippen LogP contribution in [0.5, 0.6) is 5.75 Å². The van der Waals surface area contributed by atoms with E-state index >= 15 is 0 Å². The van der Waals surface area contributed by atoms with Gasteiger partial charge in [-0.05, 0) is 92.6 Å². The molecule has 8 atom stereocenters. The number of benzene rings is 1. The maximum absolute atomic E-state index is 14.1. The second kappa shape index (κ2) is 32.5. The molecule has 0 radical (unpaired) electrons. The molecule has 69 heavy (non-hydrogen) atoms. The molecule has 0 aromatic heterocycles. The summed E-state index contributed by atoms with van der Waals surface area (Å²) in [6.45, 7) is 8.00. The van der Waals surface area contributed by atoms with Gasteiger partial charge in [0.25, 0.3) is 0 Å². The average molecular weight is 1030 g/mol. The smallest absolute Gasteiger partial charge is 0.326 e. The standard InChI is InChI=1S/C44H71N9O13S3/c1-23(2)18-31(52-42(63)33(20-26-8-10-27(54)11-9-26)47-35(55)21-46-37(58)25(5)45)40(61)49-29(14-16-68-6)39(60)48-28(12-13-36(56)57)38(59)51-32(19-24(3)4)41(62)53-34(22-67)43(64)50-30(44(65)66)15-17-69-7/h8-11,23-25,28-34,54,67H,12-22,45H2,1-7H3,(H,46,58)(H,47,55)(H,48,60)(H,49,61)(H,50,64)(H,51,59)(H,52,63)(H,53,62)(H,56,57)(H,65,66)/t25-,28-,29-,30-,31-,32-,33-,34-/m0/s1. The molecular formula is C44H71N9O13S3. The molecule has 0 saturated heterocycles. The molecule has 0 aliphatic carbocycles. The van der Waals surface area contributed by atoms with Crippen LogP contribution in [-0.4, -0.2) is 159 Å². The zero-order valence-corrected chi connectivity index (χ0v) is 42.7. The van der Waals surface area contributed by atoms with E-state index in [0.717, 1.165) is 0 Å². The molecule has 8 amide bonds. The van der Waals surface area contributed by atoms with Crippen molar-refractivity contribution in [1.29, 1.82) is 0 Å². The predicted molar refractivity (Wildman–Crippen MR) is 265 cm³/mol. The van der Waals surface area contributed by atoms with Gasteiger partial charge in [0.2, 0.25) is 47.3 Å². The Morgan fingerprint density at radius 2 is 0.971 bits per heavy atom. The van der Waals surface area contributed by atoms with Crippen molar-refractivity contribution in [1.82, 2.24) is 42.5 Å². The van der Waals surface area contributed by atoms with E-state index in [0.29, 0.717) is 17.1 Å². The predicted octanol–water partition coefficient (Wildman–Crippen LogP) is -0.731. The van der Waals surface area contributed by atoms with Gasteiger partial charge in [-0.2, -0.15) is 36.2 Å². The van der Waals surface area contributed by atoms with Crippen molar-refractivity contribution in [2.45, 2.75) is 128 Å². The van der Waals surface area contributed by atoms with Crippen molar-refractivity contribution in [3.63, 3.8) is 0 Å². The zero-order valence-electron chi connectivity index (χ0n) is 40.1. The number of carboxylic acids is 2. The first-order valence-corrected chi connectivity index (χ1v) is 25.8. The summed E-state index contributed by atoms with van der Waals surface area (Å²) in [7, 11) is 0. The molecule has 0 saturated carbocycles. The van der Waals surface area contributed by atoms with E-state index in [-0.39, 0.29) is 55.4 Å². The molecule has 22 nitrogen and oxygen atoms in total. The maximum Gasteiger partial charge on any atom is 0.326 e. The summed E-state index contributed by atoms with van der Waals surface area (Å²) in [5.41, 5.74) is 6.10. The number of carboxylic acid groups (broad SMARTS) is 2. The number of aliphatic carboxylic acids is 2. The Morgan fingerprint density at radius 3 is 1.41 bits per heavy atom. The lowest BCUT2D eigenvalue weighted by Gasteiger charge is -2.28. The normalized spacial score (nSPS) is 14.6. The Labute approximate surface area is 416 Å². The number of nitrogens with one attached hydrogen (secondary N) is 8. The van der Waals surface area contributed by atoms with Crippen LogP contribution in [0.3, 0.4) is 0 Å². The monoisotopic (exact) mass is 1030 g/mol. The third-order valence-corrected chi connectivity index (χ3v) is 11.8. The van der Waals surface area contributed by atoms with E-state index in [1.54, 1.807) is 40.2 Å². The highest BCUT2D eigenvalue weighted by Crippen LogP contribution is 2.14. The molecule has 0 fully saturated rings. The van der Waals surface area contributed by atoms with E-state index in [1.807, 2.05) is 0 Å². The topological polar surface area (TPSA) is 354 Å². The first kappa shape index (κ1) is 61.7. The molecular weight excluding hydrogens is 959 g/mol. The summed E-state index contributed by atoms with van der Waals surface area (Å²) in [6.07, 6.45) is 2.64. The van der Waals surface area contributed by atoms with E-state index < -0.39 is 127 Å². The fraction of sp³-hybridized carbons (Fsp3) is 0.636. The first-order valence-electron chi connectivity index (χ1n) is 22.4. The number of phenols is 1. The number of amides is 8. The van der Waals surface area contributed by atoms with Crippen molar-refractivity contribution in [2.24, 2.45) is 17.6 Å². The van der Waals surface area contributed by atoms with Crippen LogP contribution in [0.25, 0.3) is 0 Å². The highest BCUT2D eigenvalue weighted by Gasteiger charge is 2.35. The summed E-state index contributed by atoms with van der Waals surface area (Å²) in [4.78, 5) is 131. The Balaban J connectivity index is 3.42. The van der Waals surface area contributed by atoms with Crippen molar-refractivity contribution in [3.05, 3.63) is 29.8 Å². The van der Waals surface area contributed by atoms with Gasteiger partial charge in [-0.1, -0.05) is 39.8 Å². The molecule has 0 heterocycles. The number of phenolic OH excluding ortho intramolecular Hbond substituents is 1. The second-order valence-corrected chi connectivity index (χ2v) is 19.5. The number of carbonyl (C=O) groups excluding carboxylic acids is 8. The largest absolute Gasteiger partial charge is 0.508 e. The Hall–Kier alpha value is -5.27. The van der Waals surface area contributed by atoms with Gasteiger partial charge in [-0.3, -0.25) is 43.2 Å². The molecule has 13 N–H and O–H groups in total. The molecule has 1 rings (SSSR count). The molecule has 25 heteroatoms. The third kappa shape index (κ3) is 24.7. The Bertz CT molecular complexity index is 1890. The van der Waals surface area contributed by atoms with Crippen LogP contribution in [0.15, 0.2) is 24.3 Å². The molecule has 0 bridgehead atoms. The van der Waals surface area contributed by atoms with Crippen molar-refractivity contribution in [3.8, 4) is 5.75 Å². The van der Waals surface area contributed by atoms with Gasteiger partial charge in [0, 0.05) is 18.6 Å². The number of hydrogen-bond acceptors (Lipinski definition) is 15. The van der Waals surface area contributed by atoms with E-state index in [1.165, 1.54) is 54.7 Å². The first-order chi connectivity index (χ1) is 32.4. The minimum absolute atomic E-state index is 0.0204. The van der Waals surface area contributed by atoms with Crippen LogP contribution in [0.2, 0.25) is 0 Å². The number of hydrogen-bond donors (Lipinski definition) is 13. The third-order valence-electron chi connectivity index (χ3n) is 10.1. The van der Waals surface area contributed by atoms with Crippen LogP contribution in [0, 0.1) is 11.8 Å². The van der Waals surface area contributed by atoms with Crippen molar-refractivity contribution < 1.29 is 63.3 Å². The molecule has 1 aromatic carbocycles. The number of thioether (sulfide) groups is 2. The summed E-state index contributed by atoms with van der Waals surface area (Å²) in [5, 5.41) is 49.2.